The highest BCUT2D eigenvalue weighted by Crippen LogP contribution is 2.42. The summed E-state index contributed by atoms with van der Waals surface area (Å²) in [4.78, 5) is 16.0. The highest BCUT2D eigenvalue weighted by Gasteiger charge is 2.24. The number of carbonyl (C=O) groups excluding carboxylic acids is 1. The first-order chi connectivity index (χ1) is 11.1. The summed E-state index contributed by atoms with van der Waals surface area (Å²) >= 11 is 1.50. The van der Waals surface area contributed by atoms with E-state index in [2.05, 4.69) is 0 Å². The molecule has 1 amide bonds. The molecule has 1 aromatic carbocycles. The first-order valence-corrected chi connectivity index (χ1v) is 8.11. The van der Waals surface area contributed by atoms with Gasteiger partial charge < -0.3 is 19.1 Å². The van der Waals surface area contributed by atoms with Gasteiger partial charge in [-0.3, -0.25) is 4.79 Å². The lowest BCUT2D eigenvalue weighted by atomic mass is 10.1. The molecule has 0 N–H and O–H groups in total. The SMILES string of the molecule is COC(CN(C)C(=O)c1cc2c(s1)-c1ccccc1OC2)OC. The van der Waals surface area contributed by atoms with Crippen LogP contribution in [0.25, 0.3) is 10.4 Å². The maximum absolute atomic E-state index is 12.6. The van der Waals surface area contributed by atoms with Gasteiger partial charge in [-0.25, -0.2) is 0 Å². The Balaban J connectivity index is 1.83. The molecule has 2 aromatic rings. The van der Waals surface area contributed by atoms with Crippen LogP contribution in [0.2, 0.25) is 0 Å². The first-order valence-electron chi connectivity index (χ1n) is 7.30. The second-order valence-electron chi connectivity index (χ2n) is 5.34. The molecule has 0 spiro atoms. The number of para-hydroxylation sites is 1. The van der Waals surface area contributed by atoms with Crippen LogP contribution in [0, 0.1) is 0 Å². The molecule has 122 valence electrons. The largest absolute Gasteiger partial charge is 0.488 e. The van der Waals surface area contributed by atoms with Gasteiger partial charge in [0.15, 0.2) is 6.29 Å². The van der Waals surface area contributed by atoms with E-state index in [4.69, 9.17) is 14.2 Å². The molecule has 0 fully saturated rings. The number of likely N-dealkylation sites (N-methyl/N-ethyl adjacent to an activating group) is 1. The molecule has 1 aliphatic heterocycles. The van der Waals surface area contributed by atoms with Crippen molar-refractivity contribution in [3.05, 3.63) is 40.8 Å². The van der Waals surface area contributed by atoms with E-state index in [1.807, 2.05) is 30.3 Å². The van der Waals surface area contributed by atoms with Crippen molar-refractivity contribution in [2.45, 2.75) is 12.9 Å². The number of ether oxygens (including phenoxy) is 3. The van der Waals surface area contributed by atoms with Crippen molar-refractivity contribution < 1.29 is 19.0 Å². The van der Waals surface area contributed by atoms with Crippen molar-refractivity contribution in [2.75, 3.05) is 27.8 Å². The Hall–Kier alpha value is -1.89. The average Bonchev–Trinajstić information content (AvgIpc) is 3.03. The number of rotatable bonds is 5. The lowest BCUT2D eigenvalue weighted by Crippen LogP contribution is -2.35. The van der Waals surface area contributed by atoms with Crippen molar-refractivity contribution >= 4 is 17.2 Å². The summed E-state index contributed by atoms with van der Waals surface area (Å²) in [6, 6.07) is 9.82. The second-order valence-corrected chi connectivity index (χ2v) is 6.39. The van der Waals surface area contributed by atoms with E-state index >= 15 is 0 Å². The van der Waals surface area contributed by atoms with Gasteiger partial charge in [0.25, 0.3) is 5.91 Å². The van der Waals surface area contributed by atoms with Crippen molar-refractivity contribution in [2.24, 2.45) is 0 Å². The highest BCUT2D eigenvalue weighted by atomic mass is 32.1. The zero-order valence-electron chi connectivity index (χ0n) is 13.4. The molecule has 0 unspecified atom stereocenters. The third kappa shape index (κ3) is 3.10. The molecule has 0 bridgehead atoms. The lowest BCUT2D eigenvalue weighted by molar-refractivity contribution is -0.110. The fraction of sp³-hybridized carbons (Fsp3) is 0.353. The van der Waals surface area contributed by atoms with E-state index in [1.165, 1.54) is 11.3 Å². The molecule has 0 radical (unpaired) electrons. The van der Waals surface area contributed by atoms with Crippen LogP contribution in [-0.2, 0) is 16.1 Å². The van der Waals surface area contributed by atoms with Crippen molar-refractivity contribution in [1.29, 1.82) is 0 Å². The topological polar surface area (TPSA) is 48.0 Å². The second kappa shape index (κ2) is 6.70. The third-order valence-corrected chi connectivity index (χ3v) is 5.03. The van der Waals surface area contributed by atoms with Crippen molar-refractivity contribution in [3.63, 3.8) is 0 Å². The van der Waals surface area contributed by atoms with Gasteiger partial charge in [0.05, 0.1) is 11.4 Å². The lowest BCUT2D eigenvalue weighted by Gasteiger charge is -2.21. The molecule has 0 aliphatic carbocycles. The summed E-state index contributed by atoms with van der Waals surface area (Å²) < 4.78 is 16.0. The van der Waals surface area contributed by atoms with E-state index in [9.17, 15) is 4.79 Å². The van der Waals surface area contributed by atoms with E-state index in [0.29, 0.717) is 18.0 Å². The Kier molecular flexibility index (Phi) is 4.66. The Labute approximate surface area is 139 Å². The van der Waals surface area contributed by atoms with Gasteiger partial charge in [-0.15, -0.1) is 11.3 Å². The van der Waals surface area contributed by atoms with Gasteiger partial charge in [-0.2, -0.15) is 0 Å². The molecular weight excluding hydrogens is 314 g/mol. The van der Waals surface area contributed by atoms with Gasteiger partial charge in [0.2, 0.25) is 0 Å². The van der Waals surface area contributed by atoms with Crippen LogP contribution < -0.4 is 4.74 Å². The fourth-order valence-corrected chi connectivity index (χ4v) is 3.74. The van der Waals surface area contributed by atoms with Crippen LogP contribution >= 0.6 is 11.3 Å². The number of benzene rings is 1. The van der Waals surface area contributed by atoms with Crippen LogP contribution in [0.5, 0.6) is 5.75 Å². The summed E-state index contributed by atoms with van der Waals surface area (Å²) in [5, 5.41) is 0. The zero-order chi connectivity index (χ0) is 16.4. The smallest absolute Gasteiger partial charge is 0.263 e. The Morgan fingerprint density at radius 3 is 2.83 bits per heavy atom. The minimum absolute atomic E-state index is 0.0408. The molecule has 1 aromatic heterocycles. The van der Waals surface area contributed by atoms with Crippen molar-refractivity contribution in [1.82, 2.24) is 4.90 Å². The number of hydrogen-bond acceptors (Lipinski definition) is 5. The Morgan fingerprint density at radius 1 is 1.35 bits per heavy atom. The number of amides is 1. The number of fused-ring (bicyclic) bond motifs is 3. The van der Waals surface area contributed by atoms with E-state index in [1.54, 1.807) is 26.2 Å². The van der Waals surface area contributed by atoms with Crippen LogP contribution in [0.15, 0.2) is 30.3 Å². The predicted octanol–water partition coefficient (Wildman–Crippen LogP) is 3.00. The van der Waals surface area contributed by atoms with Crippen LogP contribution in [0.1, 0.15) is 15.2 Å². The van der Waals surface area contributed by atoms with Crippen molar-refractivity contribution in [3.8, 4) is 16.2 Å². The Bertz CT molecular complexity index is 708. The minimum Gasteiger partial charge on any atom is -0.488 e. The van der Waals surface area contributed by atoms with E-state index < -0.39 is 6.29 Å². The normalized spacial score (nSPS) is 12.5. The number of methoxy groups -OCH3 is 2. The van der Waals surface area contributed by atoms with E-state index in [-0.39, 0.29) is 5.91 Å². The standard InChI is InChI=1S/C17H19NO4S/c1-18(9-15(20-2)21-3)17(19)14-8-11-10-22-13-7-5-4-6-12(13)16(11)23-14/h4-8,15H,9-10H2,1-3H3. The van der Waals surface area contributed by atoms with Gasteiger partial charge in [0, 0.05) is 37.3 Å². The number of carbonyl (C=O) groups is 1. The molecule has 3 rings (SSSR count). The maximum atomic E-state index is 12.6. The fourth-order valence-electron chi connectivity index (χ4n) is 2.54. The summed E-state index contributed by atoms with van der Waals surface area (Å²) in [7, 11) is 4.87. The number of hydrogen-bond donors (Lipinski definition) is 0. The third-order valence-electron chi connectivity index (χ3n) is 3.83. The molecule has 6 heteroatoms. The summed E-state index contributed by atoms with van der Waals surface area (Å²) in [5.41, 5.74) is 2.10. The number of thiophene rings is 1. The molecule has 5 nitrogen and oxygen atoms in total. The van der Waals surface area contributed by atoms with Crippen LogP contribution in [0.3, 0.4) is 0 Å². The molecule has 0 atom stereocenters. The number of nitrogens with zero attached hydrogens (tertiary/aromatic N) is 1. The van der Waals surface area contributed by atoms with E-state index in [0.717, 1.165) is 21.8 Å². The van der Waals surface area contributed by atoms with Crippen LogP contribution in [0.4, 0.5) is 0 Å². The molecule has 23 heavy (non-hydrogen) atoms. The predicted molar refractivity (Wildman–Crippen MR) is 88.9 cm³/mol. The quantitative estimate of drug-likeness (QED) is 0.789. The van der Waals surface area contributed by atoms with Gasteiger partial charge in [0.1, 0.15) is 12.4 Å². The summed E-state index contributed by atoms with van der Waals surface area (Å²) in [5.74, 6) is 0.828. The monoisotopic (exact) mass is 333 g/mol. The maximum Gasteiger partial charge on any atom is 0.263 e. The summed E-state index contributed by atoms with van der Waals surface area (Å²) in [6.07, 6.45) is -0.428. The highest BCUT2D eigenvalue weighted by molar-refractivity contribution is 7.17. The van der Waals surface area contributed by atoms with Gasteiger partial charge >= 0.3 is 0 Å². The van der Waals surface area contributed by atoms with Crippen LogP contribution in [-0.4, -0.2) is 44.9 Å². The zero-order valence-corrected chi connectivity index (χ0v) is 14.2. The van der Waals surface area contributed by atoms with Gasteiger partial charge in [-0.05, 0) is 18.2 Å². The van der Waals surface area contributed by atoms with Gasteiger partial charge in [-0.1, -0.05) is 12.1 Å². The molecular formula is C17H19NO4S. The average molecular weight is 333 g/mol. The first kappa shape index (κ1) is 16.0. The molecule has 0 saturated heterocycles. The Morgan fingerprint density at radius 2 is 2.09 bits per heavy atom. The minimum atomic E-state index is -0.428. The summed E-state index contributed by atoms with van der Waals surface area (Å²) in [6.45, 7) is 0.875. The molecule has 2 heterocycles. The molecule has 0 saturated carbocycles. The molecule has 1 aliphatic rings.